The number of nitrogens with one attached hydrogen (secondary N) is 3. The largest absolute Gasteiger partial charge is 0.357 e. The lowest BCUT2D eigenvalue weighted by molar-refractivity contribution is -0.116. The first kappa shape index (κ1) is 20.6. The van der Waals surface area contributed by atoms with Crippen LogP contribution in [0.25, 0.3) is 0 Å². The SMILES string of the molecule is CCCN=C(NCC)NCCC(=O)Nc1cccc(C)n1.I. The van der Waals surface area contributed by atoms with Crippen molar-refractivity contribution in [2.75, 3.05) is 25.0 Å². The third-order valence-electron chi connectivity index (χ3n) is 2.64. The smallest absolute Gasteiger partial charge is 0.227 e. The van der Waals surface area contributed by atoms with E-state index < -0.39 is 0 Å². The topological polar surface area (TPSA) is 78.4 Å². The summed E-state index contributed by atoms with van der Waals surface area (Å²) < 4.78 is 0. The minimum atomic E-state index is -0.0630. The molecule has 1 aromatic rings. The Morgan fingerprint density at radius 3 is 2.68 bits per heavy atom. The maximum Gasteiger partial charge on any atom is 0.227 e. The maximum absolute atomic E-state index is 11.8. The van der Waals surface area contributed by atoms with E-state index in [2.05, 4.69) is 32.9 Å². The molecule has 1 amide bonds. The number of hydrogen-bond donors (Lipinski definition) is 3. The Morgan fingerprint density at radius 2 is 2.05 bits per heavy atom. The molecule has 0 radical (unpaired) electrons. The molecule has 0 aliphatic rings. The summed E-state index contributed by atoms with van der Waals surface area (Å²) in [7, 11) is 0. The quantitative estimate of drug-likeness (QED) is 0.360. The van der Waals surface area contributed by atoms with Crippen LogP contribution in [0, 0.1) is 6.92 Å². The highest BCUT2D eigenvalue weighted by atomic mass is 127. The van der Waals surface area contributed by atoms with Gasteiger partial charge in [-0.2, -0.15) is 0 Å². The van der Waals surface area contributed by atoms with E-state index in [4.69, 9.17) is 0 Å². The van der Waals surface area contributed by atoms with Gasteiger partial charge in [0.15, 0.2) is 5.96 Å². The maximum atomic E-state index is 11.8. The predicted molar refractivity (Wildman–Crippen MR) is 102 cm³/mol. The van der Waals surface area contributed by atoms with Gasteiger partial charge in [-0.25, -0.2) is 4.98 Å². The number of hydrogen-bond acceptors (Lipinski definition) is 3. The van der Waals surface area contributed by atoms with Crippen molar-refractivity contribution in [3.05, 3.63) is 23.9 Å². The zero-order valence-electron chi connectivity index (χ0n) is 13.5. The molecule has 1 heterocycles. The Morgan fingerprint density at radius 1 is 1.27 bits per heavy atom. The number of aliphatic imine (C=N–C) groups is 1. The van der Waals surface area contributed by atoms with E-state index in [-0.39, 0.29) is 29.9 Å². The molecular formula is C15H26IN5O. The summed E-state index contributed by atoms with van der Waals surface area (Å²) in [6.45, 7) is 8.09. The van der Waals surface area contributed by atoms with Gasteiger partial charge in [0, 0.05) is 31.7 Å². The fourth-order valence-electron chi connectivity index (χ4n) is 1.68. The first-order chi connectivity index (χ1) is 10.2. The van der Waals surface area contributed by atoms with E-state index in [0.29, 0.717) is 18.8 Å². The number of rotatable bonds is 7. The fraction of sp³-hybridized carbons (Fsp3) is 0.533. The van der Waals surface area contributed by atoms with Gasteiger partial charge in [-0.1, -0.05) is 13.0 Å². The molecule has 0 saturated heterocycles. The molecule has 0 saturated carbocycles. The summed E-state index contributed by atoms with van der Waals surface area (Å²) in [6, 6.07) is 5.55. The van der Waals surface area contributed by atoms with Gasteiger partial charge in [0.25, 0.3) is 0 Å². The highest BCUT2D eigenvalue weighted by Gasteiger charge is 2.04. The van der Waals surface area contributed by atoms with Crippen molar-refractivity contribution >= 4 is 41.7 Å². The van der Waals surface area contributed by atoms with Crippen molar-refractivity contribution in [1.29, 1.82) is 0 Å². The molecule has 6 nitrogen and oxygen atoms in total. The van der Waals surface area contributed by atoms with Gasteiger partial charge in [0.1, 0.15) is 5.82 Å². The lowest BCUT2D eigenvalue weighted by atomic mass is 10.3. The average Bonchev–Trinajstić information content (AvgIpc) is 2.44. The van der Waals surface area contributed by atoms with E-state index in [1.807, 2.05) is 26.0 Å². The molecule has 0 unspecified atom stereocenters. The van der Waals surface area contributed by atoms with Crippen LogP contribution in [-0.2, 0) is 4.79 Å². The van der Waals surface area contributed by atoms with Crippen molar-refractivity contribution < 1.29 is 4.79 Å². The van der Waals surface area contributed by atoms with Crippen LogP contribution in [-0.4, -0.2) is 36.5 Å². The summed E-state index contributed by atoms with van der Waals surface area (Å²) in [4.78, 5) is 20.4. The number of aromatic nitrogens is 1. The monoisotopic (exact) mass is 419 g/mol. The van der Waals surface area contributed by atoms with Gasteiger partial charge in [0.2, 0.25) is 5.91 Å². The van der Waals surface area contributed by atoms with Crippen molar-refractivity contribution in [3.63, 3.8) is 0 Å². The van der Waals surface area contributed by atoms with Gasteiger partial charge < -0.3 is 16.0 Å². The summed E-state index contributed by atoms with van der Waals surface area (Å²) in [5, 5.41) is 9.07. The molecule has 3 N–H and O–H groups in total. The van der Waals surface area contributed by atoms with E-state index in [0.717, 1.165) is 31.2 Å². The Labute approximate surface area is 149 Å². The van der Waals surface area contributed by atoms with Gasteiger partial charge >= 0.3 is 0 Å². The van der Waals surface area contributed by atoms with Gasteiger partial charge in [0.05, 0.1) is 0 Å². The van der Waals surface area contributed by atoms with E-state index in [1.165, 1.54) is 0 Å². The molecule has 124 valence electrons. The fourth-order valence-corrected chi connectivity index (χ4v) is 1.68. The van der Waals surface area contributed by atoms with Crippen molar-refractivity contribution in [1.82, 2.24) is 15.6 Å². The number of anilines is 1. The molecule has 0 fully saturated rings. The van der Waals surface area contributed by atoms with Crippen LogP contribution in [0.5, 0.6) is 0 Å². The number of amides is 1. The number of carbonyl (C=O) groups is 1. The molecule has 0 atom stereocenters. The first-order valence-electron chi connectivity index (χ1n) is 7.41. The van der Waals surface area contributed by atoms with Gasteiger partial charge in [-0.3, -0.25) is 9.79 Å². The van der Waals surface area contributed by atoms with Crippen molar-refractivity contribution in [2.45, 2.75) is 33.6 Å². The Kier molecular flexibility index (Phi) is 11.4. The molecule has 22 heavy (non-hydrogen) atoms. The second-order valence-electron chi connectivity index (χ2n) is 4.65. The number of aryl methyl sites for hydroxylation is 1. The minimum Gasteiger partial charge on any atom is -0.357 e. The number of nitrogens with zero attached hydrogens (tertiary/aromatic N) is 2. The zero-order valence-corrected chi connectivity index (χ0v) is 15.8. The molecule has 0 aromatic carbocycles. The first-order valence-corrected chi connectivity index (χ1v) is 7.41. The van der Waals surface area contributed by atoms with Gasteiger partial charge in [-0.05, 0) is 32.4 Å². The molecule has 0 bridgehead atoms. The van der Waals surface area contributed by atoms with Crippen molar-refractivity contribution in [2.24, 2.45) is 4.99 Å². The summed E-state index contributed by atoms with van der Waals surface area (Å²) in [5.41, 5.74) is 0.882. The second kappa shape index (κ2) is 12.2. The van der Waals surface area contributed by atoms with Crippen LogP contribution in [0.4, 0.5) is 5.82 Å². The minimum absolute atomic E-state index is 0. The lowest BCUT2D eigenvalue weighted by Crippen LogP contribution is -2.38. The third kappa shape index (κ3) is 8.81. The summed E-state index contributed by atoms with van der Waals surface area (Å²) in [6.07, 6.45) is 1.36. The van der Waals surface area contributed by atoms with E-state index in [1.54, 1.807) is 6.07 Å². The normalized spacial score (nSPS) is 10.6. The van der Waals surface area contributed by atoms with Crippen LogP contribution >= 0.6 is 24.0 Å². The van der Waals surface area contributed by atoms with E-state index in [9.17, 15) is 4.79 Å². The number of halogens is 1. The van der Waals surface area contributed by atoms with E-state index >= 15 is 0 Å². The lowest BCUT2D eigenvalue weighted by Gasteiger charge is -2.11. The molecule has 7 heteroatoms. The predicted octanol–water partition coefficient (Wildman–Crippen LogP) is 2.30. The molecule has 1 aromatic heterocycles. The standard InChI is InChI=1S/C15H25N5O.HI/c1-4-10-17-15(16-5-2)18-11-9-14(21)20-13-8-6-7-12(3)19-13;/h6-8H,4-5,9-11H2,1-3H3,(H2,16,17,18)(H,19,20,21);1H. The highest BCUT2D eigenvalue weighted by molar-refractivity contribution is 14.0. The number of guanidine groups is 1. The zero-order chi connectivity index (χ0) is 15.5. The Balaban J connectivity index is 0.00000441. The van der Waals surface area contributed by atoms with Crippen molar-refractivity contribution in [3.8, 4) is 0 Å². The second-order valence-corrected chi connectivity index (χ2v) is 4.65. The summed E-state index contributed by atoms with van der Waals surface area (Å²) >= 11 is 0. The Bertz CT molecular complexity index is 479. The van der Waals surface area contributed by atoms with Crippen LogP contribution in [0.2, 0.25) is 0 Å². The van der Waals surface area contributed by atoms with Crippen LogP contribution < -0.4 is 16.0 Å². The number of carbonyl (C=O) groups excluding carboxylic acids is 1. The average molecular weight is 419 g/mol. The molecule has 0 spiro atoms. The molecular weight excluding hydrogens is 393 g/mol. The van der Waals surface area contributed by atoms with Gasteiger partial charge in [-0.15, -0.1) is 24.0 Å². The third-order valence-corrected chi connectivity index (χ3v) is 2.64. The number of pyridine rings is 1. The molecule has 0 aliphatic heterocycles. The molecule has 1 rings (SSSR count). The van der Waals surface area contributed by atoms with Crippen LogP contribution in [0.1, 0.15) is 32.4 Å². The molecule has 0 aliphatic carbocycles. The van der Waals surface area contributed by atoms with Crippen LogP contribution in [0.3, 0.4) is 0 Å². The van der Waals surface area contributed by atoms with Crippen LogP contribution in [0.15, 0.2) is 23.2 Å². The Hall–Kier alpha value is -1.38. The highest BCUT2D eigenvalue weighted by Crippen LogP contribution is 2.03. The summed E-state index contributed by atoms with van der Waals surface area (Å²) in [5.74, 6) is 1.28.